The van der Waals surface area contributed by atoms with Crippen molar-refractivity contribution in [2.24, 2.45) is 34.5 Å². The van der Waals surface area contributed by atoms with E-state index in [4.69, 9.17) is 0 Å². The largest absolute Gasteiger partial charge is 0.300 e. The van der Waals surface area contributed by atoms with Crippen LogP contribution in [-0.4, -0.2) is 11.6 Å². The first-order valence-electron chi connectivity index (χ1n) is 17.7. The molecule has 0 heterocycles. The molecular formula is C37H62O2. The van der Waals surface area contributed by atoms with E-state index < -0.39 is 0 Å². The molecular weight excluding hydrogens is 476 g/mol. The molecule has 0 spiro atoms. The van der Waals surface area contributed by atoms with E-state index in [0.717, 1.165) is 37.5 Å². The standard InChI is InChI=1S/C37H62O2/c1-3-4-5-6-7-8-9-10-11-12-13-14-15-16-17-21-31(38)29-37-28-26-33-32(34(37)24-25-35(37)39)23-22-30-20-18-19-27-36(30,33)2/h10-11,30,32-34H,3-9,12-29H2,1-2H3/b11-10-/t30?,32-,33+,34+,36+,37-/m1/s1. The molecule has 6 atom stereocenters. The summed E-state index contributed by atoms with van der Waals surface area (Å²) in [4.78, 5) is 26.6. The maximum Gasteiger partial charge on any atom is 0.139 e. The Morgan fingerprint density at radius 2 is 1.46 bits per heavy atom. The highest BCUT2D eigenvalue weighted by Crippen LogP contribution is 2.66. The second-order valence-electron chi connectivity index (χ2n) is 14.6. The van der Waals surface area contributed by atoms with Crippen LogP contribution < -0.4 is 0 Å². The van der Waals surface area contributed by atoms with Crippen molar-refractivity contribution >= 4 is 11.6 Å². The number of hydrogen-bond donors (Lipinski definition) is 0. The summed E-state index contributed by atoms with van der Waals surface area (Å²) in [5, 5.41) is 0. The van der Waals surface area contributed by atoms with Crippen LogP contribution in [0.2, 0.25) is 0 Å². The number of allylic oxidation sites excluding steroid dienone is 2. The van der Waals surface area contributed by atoms with Gasteiger partial charge in [0.05, 0.1) is 0 Å². The molecule has 4 rings (SSSR count). The minimum absolute atomic E-state index is 0.280. The molecule has 0 bridgehead atoms. The number of Topliss-reactive ketones (excluding diaryl/α,β-unsaturated/α-hetero) is 2. The maximum absolute atomic E-state index is 13.4. The molecule has 4 fully saturated rings. The smallest absolute Gasteiger partial charge is 0.139 e. The lowest BCUT2D eigenvalue weighted by Crippen LogP contribution is -2.53. The average Bonchev–Trinajstić information content (AvgIpc) is 3.26. The van der Waals surface area contributed by atoms with Gasteiger partial charge in [-0.1, -0.05) is 90.2 Å². The zero-order valence-electron chi connectivity index (χ0n) is 26.0. The van der Waals surface area contributed by atoms with Gasteiger partial charge in [0.25, 0.3) is 0 Å². The first-order valence-corrected chi connectivity index (χ1v) is 17.7. The van der Waals surface area contributed by atoms with Crippen molar-refractivity contribution in [1.29, 1.82) is 0 Å². The van der Waals surface area contributed by atoms with Crippen LogP contribution in [0.5, 0.6) is 0 Å². The summed E-state index contributed by atoms with van der Waals surface area (Å²) >= 11 is 0. The van der Waals surface area contributed by atoms with Gasteiger partial charge < -0.3 is 0 Å². The molecule has 2 heteroatoms. The Balaban J connectivity index is 1.12. The quantitative estimate of drug-likeness (QED) is 0.136. The van der Waals surface area contributed by atoms with Crippen LogP contribution in [0.15, 0.2) is 12.2 Å². The monoisotopic (exact) mass is 538 g/mol. The predicted octanol–water partition coefficient (Wildman–Crippen LogP) is 11.0. The Morgan fingerprint density at radius 1 is 0.769 bits per heavy atom. The summed E-state index contributed by atoms with van der Waals surface area (Å²) in [6.07, 6.45) is 35.2. The number of rotatable bonds is 17. The van der Waals surface area contributed by atoms with Crippen molar-refractivity contribution in [2.75, 3.05) is 0 Å². The van der Waals surface area contributed by atoms with E-state index in [2.05, 4.69) is 26.0 Å². The molecule has 0 N–H and O–H groups in total. The van der Waals surface area contributed by atoms with E-state index in [1.807, 2.05) is 0 Å². The van der Waals surface area contributed by atoms with E-state index in [9.17, 15) is 9.59 Å². The Kier molecular flexibility index (Phi) is 12.2. The third-order valence-electron chi connectivity index (χ3n) is 12.3. The van der Waals surface area contributed by atoms with Gasteiger partial charge in [0.2, 0.25) is 0 Å². The van der Waals surface area contributed by atoms with Gasteiger partial charge in [-0.2, -0.15) is 0 Å². The zero-order valence-corrected chi connectivity index (χ0v) is 26.0. The molecule has 0 aliphatic heterocycles. The third-order valence-corrected chi connectivity index (χ3v) is 12.3. The fourth-order valence-electron chi connectivity index (χ4n) is 10.0. The highest BCUT2D eigenvalue weighted by atomic mass is 16.1. The highest BCUT2D eigenvalue weighted by Gasteiger charge is 2.61. The van der Waals surface area contributed by atoms with Crippen molar-refractivity contribution in [3.8, 4) is 0 Å². The van der Waals surface area contributed by atoms with E-state index in [0.29, 0.717) is 41.7 Å². The summed E-state index contributed by atoms with van der Waals surface area (Å²) in [6.45, 7) is 4.89. The van der Waals surface area contributed by atoms with Gasteiger partial charge in [-0.15, -0.1) is 0 Å². The summed E-state index contributed by atoms with van der Waals surface area (Å²) in [5.74, 6) is 3.78. The minimum atomic E-state index is -0.280. The van der Waals surface area contributed by atoms with Crippen molar-refractivity contribution in [1.82, 2.24) is 0 Å². The first-order chi connectivity index (χ1) is 19.0. The normalized spacial score (nSPS) is 34.2. The number of carbonyl (C=O) groups is 2. The van der Waals surface area contributed by atoms with E-state index in [-0.39, 0.29) is 5.41 Å². The van der Waals surface area contributed by atoms with Crippen LogP contribution in [0.1, 0.15) is 174 Å². The van der Waals surface area contributed by atoms with Gasteiger partial charge in [0, 0.05) is 24.7 Å². The van der Waals surface area contributed by atoms with Gasteiger partial charge >= 0.3 is 0 Å². The fraction of sp³-hybridized carbons (Fsp3) is 0.892. The number of fused-ring (bicyclic) bond motifs is 5. The van der Waals surface area contributed by atoms with Gasteiger partial charge in [0.15, 0.2) is 0 Å². The van der Waals surface area contributed by atoms with Crippen LogP contribution >= 0.6 is 0 Å². The van der Waals surface area contributed by atoms with Crippen LogP contribution in [0.25, 0.3) is 0 Å². The van der Waals surface area contributed by atoms with Crippen molar-refractivity contribution in [3.05, 3.63) is 12.2 Å². The lowest BCUT2D eigenvalue weighted by molar-refractivity contribution is -0.147. The molecule has 0 aromatic carbocycles. The van der Waals surface area contributed by atoms with Crippen LogP contribution in [0, 0.1) is 34.5 Å². The Bertz CT molecular complexity index is 797. The second kappa shape index (κ2) is 15.3. The first kappa shape index (κ1) is 31.0. The SMILES string of the molecule is CCCCCCCC/C=C\CCCCCCCC(=O)C[C@]12CC[C@H]3[C@@H](CCC4CCCC[C@@]43C)[C@@H]1CCC2=O. The van der Waals surface area contributed by atoms with E-state index in [1.165, 1.54) is 122 Å². The van der Waals surface area contributed by atoms with Crippen molar-refractivity contribution in [3.63, 3.8) is 0 Å². The molecule has 4 aliphatic carbocycles. The van der Waals surface area contributed by atoms with Gasteiger partial charge in [-0.25, -0.2) is 0 Å². The number of ketones is 2. The molecule has 39 heavy (non-hydrogen) atoms. The van der Waals surface area contributed by atoms with Gasteiger partial charge in [0.1, 0.15) is 11.6 Å². The molecule has 1 unspecified atom stereocenters. The molecule has 4 saturated carbocycles. The highest BCUT2D eigenvalue weighted by molar-refractivity contribution is 5.93. The number of carbonyl (C=O) groups excluding carboxylic acids is 2. The fourth-order valence-corrected chi connectivity index (χ4v) is 10.0. The molecule has 0 aromatic heterocycles. The summed E-state index contributed by atoms with van der Waals surface area (Å²) < 4.78 is 0. The zero-order chi connectivity index (χ0) is 27.6. The third kappa shape index (κ3) is 7.68. The van der Waals surface area contributed by atoms with Gasteiger partial charge in [-0.3, -0.25) is 9.59 Å². The second-order valence-corrected chi connectivity index (χ2v) is 14.6. The molecule has 2 nitrogen and oxygen atoms in total. The lowest BCUT2D eigenvalue weighted by atomic mass is 9.44. The van der Waals surface area contributed by atoms with E-state index >= 15 is 0 Å². The van der Waals surface area contributed by atoms with Gasteiger partial charge in [-0.05, 0) is 106 Å². The Hall–Kier alpha value is -0.920. The van der Waals surface area contributed by atoms with Crippen LogP contribution in [-0.2, 0) is 9.59 Å². The van der Waals surface area contributed by atoms with Crippen LogP contribution in [0.3, 0.4) is 0 Å². The molecule has 0 aromatic rings. The molecule has 0 amide bonds. The van der Waals surface area contributed by atoms with Crippen LogP contribution in [0.4, 0.5) is 0 Å². The molecule has 0 radical (unpaired) electrons. The van der Waals surface area contributed by atoms with Crippen molar-refractivity contribution in [2.45, 2.75) is 174 Å². The number of unbranched alkanes of at least 4 members (excludes halogenated alkanes) is 11. The lowest BCUT2D eigenvalue weighted by Gasteiger charge is -2.60. The molecule has 222 valence electrons. The van der Waals surface area contributed by atoms with E-state index in [1.54, 1.807) is 0 Å². The molecule has 4 aliphatic rings. The minimum Gasteiger partial charge on any atom is -0.300 e. The summed E-state index contributed by atoms with van der Waals surface area (Å²) in [7, 11) is 0. The predicted molar refractivity (Wildman–Crippen MR) is 165 cm³/mol. The number of hydrogen-bond acceptors (Lipinski definition) is 2. The Morgan fingerprint density at radius 3 is 2.21 bits per heavy atom. The summed E-state index contributed by atoms with van der Waals surface area (Å²) in [6, 6.07) is 0. The Labute approximate surface area is 241 Å². The average molecular weight is 539 g/mol. The topological polar surface area (TPSA) is 34.1 Å². The van der Waals surface area contributed by atoms with Crippen molar-refractivity contribution < 1.29 is 9.59 Å². The molecule has 0 saturated heterocycles. The maximum atomic E-state index is 13.4. The summed E-state index contributed by atoms with van der Waals surface area (Å²) in [5.41, 5.74) is 0.227.